The molecule has 10 heavy (non-hydrogen) atoms. The number of rotatable bonds is 5. The lowest BCUT2D eigenvalue weighted by atomic mass is 10.6. The second kappa shape index (κ2) is 6.25. The predicted octanol–water partition coefficient (Wildman–Crippen LogP) is -0.133. The molecule has 0 saturated carbocycles. The maximum atomic E-state index is 10.5. The number of hydroxylamine groups is 1. The fourth-order valence-corrected chi connectivity index (χ4v) is 0.378. The molecule has 4 nitrogen and oxygen atoms in total. The summed E-state index contributed by atoms with van der Waals surface area (Å²) in [6.07, 6.45) is 1.57. The molecular formula is C6H11NO3. The van der Waals surface area contributed by atoms with Crippen molar-refractivity contribution >= 4 is 5.91 Å². The van der Waals surface area contributed by atoms with Gasteiger partial charge in [0.1, 0.15) is 6.61 Å². The van der Waals surface area contributed by atoms with Crippen molar-refractivity contribution in [3.8, 4) is 0 Å². The standard InChI is InChI=1S/C6H11NO3/c1-3-4-10-5-6(8)7-9-2/h3H,1,4-5H2,2H3,(H,7,8). The lowest BCUT2D eigenvalue weighted by Crippen LogP contribution is -2.26. The first-order valence-corrected chi connectivity index (χ1v) is 2.81. The van der Waals surface area contributed by atoms with Gasteiger partial charge in [-0.25, -0.2) is 5.48 Å². The SMILES string of the molecule is C=CCOCC(=O)NOC. The monoisotopic (exact) mass is 145 g/mol. The van der Waals surface area contributed by atoms with Gasteiger partial charge in [-0.15, -0.1) is 6.58 Å². The molecule has 0 radical (unpaired) electrons. The zero-order valence-corrected chi connectivity index (χ0v) is 5.92. The fourth-order valence-electron chi connectivity index (χ4n) is 0.378. The molecule has 1 amide bonds. The van der Waals surface area contributed by atoms with Gasteiger partial charge in [0, 0.05) is 0 Å². The van der Waals surface area contributed by atoms with E-state index < -0.39 is 0 Å². The Kier molecular flexibility index (Phi) is 5.71. The molecule has 0 aromatic heterocycles. The van der Waals surface area contributed by atoms with Gasteiger partial charge >= 0.3 is 0 Å². The molecule has 4 heteroatoms. The predicted molar refractivity (Wildman–Crippen MR) is 36.2 cm³/mol. The van der Waals surface area contributed by atoms with Gasteiger partial charge in [-0.05, 0) is 0 Å². The summed E-state index contributed by atoms with van der Waals surface area (Å²) in [5.41, 5.74) is 2.11. The molecule has 0 aliphatic heterocycles. The fraction of sp³-hybridized carbons (Fsp3) is 0.500. The molecule has 0 bridgehead atoms. The minimum absolute atomic E-state index is 0.000139. The van der Waals surface area contributed by atoms with E-state index in [1.54, 1.807) is 6.08 Å². The highest BCUT2D eigenvalue weighted by atomic mass is 16.6. The Morgan fingerprint density at radius 2 is 2.50 bits per heavy atom. The molecule has 0 fully saturated rings. The molecule has 0 heterocycles. The maximum absolute atomic E-state index is 10.5. The van der Waals surface area contributed by atoms with E-state index in [0.717, 1.165) is 0 Å². The van der Waals surface area contributed by atoms with E-state index in [1.165, 1.54) is 7.11 Å². The van der Waals surface area contributed by atoms with Crippen LogP contribution in [0.5, 0.6) is 0 Å². The Labute approximate surface area is 59.8 Å². The van der Waals surface area contributed by atoms with Crippen molar-refractivity contribution in [2.24, 2.45) is 0 Å². The number of hydrogen-bond acceptors (Lipinski definition) is 3. The number of carbonyl (C=O) groups excluding carboxylic acids is 1. The molecule has 0 rings (SSSR count). The number of hydrogen-bond donors (Lipinski definition) is 1. The summed E-state index contributed by atoms with van der Waals surface area (Å²) in [5.74, 6) is -0.302. The van der Waals surface area contributed by atoms with Crippen molar-refractivity contribution in [1.82, 2.24) is 5.48 Å². The molecular weight excluding hydrogens is 134 g/mol. The van der Waals surface area contributed by atoms with Crippen LogP contribution in [0, 0.1) is 0 Å². The van der Waals surface area contributed by atoms with Crippen molar-refractivity contribution < 1.29 is 14.4 Å². The Hall–Kier alpha value is -0.870. The van der Waals surface area contributed by atoms with E-state index in [0.29, 0.717) is 6.61 Å². The van der Waals surface area contributed by atoms with Crippen molar-refractivity contribution in [1.29, 1.82) is 0 Å². The van der Waals surface area contributed by atoms with E-state index in [2.05, 4.69) is 16.9 Å². The molecule has 58 valence electrons. The average molecular weight is 145 g/mol. The van der Waals surface area contributed by atoms with Crippen LogP contribution in [-0.2, 0) is 14.4 Å². The van der Waals surface area contributed by atoms with Crippen molar-refractivity contribution in [2.75, 3.05) is 20.3 Å². The zero-order chi connectivity index (χ0) is 7.82. The van der Waals surface area contributed by atoms with Crippen molar-refractivity contribution in [3.63, 3.8) is 0 Å². The smallest absolute Gasteiger partial charge is 0.269 e. The van der Waals surface area contributed by atoms with Crippen LogP contribution in [0.3, 0.4) is 0 Å². The summed E-state index contributed by atoms with van der Waals surface area (Å²) in [5, 5.41) is 0. The Morgan fingerprint density at radius 3 is 3.00 bits per heavy atom. The summed E-state index contributed by atoms with van der Waals surface area (Å²) < 4.78 is 4.79. The van der Waals surface area contributed by atoms with E-state index in [1.807, 2.05) is 0 Å². The lowest BCUT2D eigenvalue weighted by Gasteiger charge is -2.00. The van der Waals surface area contributed by atoms with Crippen LogP contribution in [-0.4, -0.2) is 26.2 Å². The topological polar surface area (TPSA) is 47.6 Å². The van der Waals surface area contributed by atoms with E-state index in [-0.39, 0.29) is 12.5 Å². The van der Waals surface area contributed by atoms with Crippen LogP contribution in [0.15, 0.2) is 12.7 Å². The van der Waals surface area contributed by atoms with Crippen LogP contribution < -0.4 is 5.48 Å². The molecule has 0 aliphatic rings. The molecule has 0 unspecified atom stereocenters. The molecule has 0 atom stereocenters. The quantitative estimate of drug-likeness (QED) is 0.333. The van der Waals surface area contributed by atoms with E-state index >= 15 is 0 Å². The highest BCUT2D eigenvalue weighted by molar-refractivity contribution is 5.75. The first-order valence-electron chi connectivity index (χ1n) is 2.81. The van der Waals surface area contributed by atoms with Gasteiger partial charge in [0.15, 0.2) is 0 Å². The Bertz CT molecular complexity index is 114. The second-order valence-electron chi connectivity index (χ2n) is 1.53. The molecule has 0 aromatic carbocycles. The van der Waals surface area contributed by atoms with Crippen LogP contribution >= 0.6 is 0 Å². The second-order valence-corrected chi connectivity index (χ2v) is 1.53. The van der Waals surface area contributed by atoms with Gasteiger partial charge in [-0.2, -0.15) is 0 Å². The normalized spacial score (nSPS) is 8.90. The molecule has 0 aliphatic carbocycles. The van der Waals surface area contributed by atoms with Gasteiger partial charge < -0.3 is 4.74 Å². The van der Waals surface area contributed by atoms with Gasteiger partial charge in [0.05, 0.1) is 13.7 Å². The average Bonchev–Trinajstić information content (AvgIpc) is 1.89. The Morgan fingerprint density at radius 1 is 1.80 bits per heavy atom. The molecule has 0 spiro atoms. The van der Waals surface area contributed by atoms with Crippen LogP contribution in [0.1, 0.15) is 0 Å². The highest BCUT2D eigenvalue weighted by Gasteiger charge is 1.96. The van der Waals surface area contributed by atoms with Gasteiger partial charge in [0.2, 0.25) is 0 Å². The molecule has 1 N–H and O–H groups in total. The molecule has 0 saturated heterocycles. The Balaban J connectivity index is 3.13. The number of nitrogens with one attached hydrogen (secondary N) is 1. The summed E-state index contributed by atoms with van der Waals surface area (Å²) in [6.45, 7) is 3.79. The minimum atomic E-state index is -0.302. The van der Waals surface area contributed by atoms with Crippen LogP contribution in [0.25, 0.3) is 0 Å². The lowest BCUT2D eigenvalue weighted by molar-refractivity contribution is -0.135. The van der Waals surface area contributed by atoms with E-state index in [4.69, 9.17) is 4.74 Å². The summed E-state index contributed by atoms with van der Waals surface area (Å²) in [6, 6.07) is 0. The van der Waals surface area contributed by atoms with Crippen molar-refractivity contribution in [3.05, 3.63) is 12.7 Å². The van der Waals surface area contributed by atoms with Gasteiger partial charge in [-0.1, -0.05) is 6.08 Å². The molecule has 0 aromatic rings. The third-order valence-corrected chi connectivity index (χ3v) is 0.685. The van der Waals surface area contributed by atoms with E-state index in [9.17, 15) is 4.79 Å². The van der Waals surface area contributed by atoms with Crippen LogP contribution in [0.2, 0.25) is 0 Å². The third-order valence-electron chi connectivity index (χ3n) is 0.685. The van der Waals surface area contributed by atoms with Crippen molar-refractivity contribution in [2.45, 2.75) is 0 Å². The first-order chi connectivity index (χ1) is 4.81. The highest BCUT2D eigenvalue weighted by Crippen LogP contribution is 1.74. The zero-order valence-electron chi connectivity index (χ0n) is 5.92. The van der Waals surface area contributed by atoms with Crippen LogP contribution in [0.4, 0.5) is 0 Å². The number of ether oxygens (including phenoxy) is 1. The first kappa shape index (κ1) is 9.13. The number of amides is 1. The maximum Gasteiger partial charge on any atom is 0.269 e. The summed E-state index contributed by atoms with van der Waals surface area (Å²) in [4.78, 5) is 14.9. The van der Waals surface area contributed by atoms with Gasteiger partial charge in [-0.3, -0.25) is 9.63 Å². The summed E-state index contributed by atoms with van der Waals surface area (Å²) >= 11 is 0. The summed E-state index contributed by atoms with van der Waals surface area (Å²) in [7, 11) is 1.37. The third kappa shape index (κ3) is 5.27. The number of carbonyl (C=O) groups is 1. The minimum Gasteiger partial charge on any atom is -0.368 e. The van der Waals surface area contributed by atoms with Gasteiger partial charge in [0.25, 0.3) is 5.91 Å². The largest absolute Gasteiger partial charge is 0.368 e.